The summed E-state index contributed by atoms with van der Waals surface area (Å²) in [5.41, 5.74) is 0. The Labute approximate surface area is 109 Å². The molecule has 0 fully saturated rings. The predicted molar refractivity (Wildman–Crippen MR) is 70.4 cm³/mol. The Morgan fingerprint density at radius 3 is 3.00 bits per heavy atom. The summed E-state index contributed by atoms with van der Waals surface area (Å²) in [6, 6.07) is 6.89. The van der Waals surface area contributed by atoms with E-state index >= 15 is 0 Å². The van der Waals surface area contributed by atoms with Crippen LogP contribution in [-0.4, -0.2) is 40.9 Å². The Kier molecular flexibility index (Phi) is 4.15. The Morgan fingerprint density at radius 2 is 2.21 bits per heavy atom. The molecular weight excluding hydrogens is 248 g/mol. The van der Waals surface area contributed by atoms with Gasteiger partial charge in [0.05, 0.1) is 6.61 Å². The minimum atomic E-state index is -0.992. The summed E-state index contributed by atoms with van der Waals surface area (Å²) < 4.78 is 4.91. The molecular formula is C13H14N2O4. The number of nitrogens with one attached hydrogen (secondary N) is 1. The number of phenolic OH excluding ortho intramolecular Hbond substituents is 1. The van der Waals surface area contributed by atoms with Crippen LogP contribution in [0.25, 0.3) is 10.8 Å². The van der Waals surface area contributed by atoms with Crippen LogP contribution >= 0.6 is 0 Å². The molecule has 0 unspecified atom stereocenters. The monoisotopic (exact) mass is 262 g/mol. The number of anilines is 1. The number of aromatic nitrogens is 1. The molecule has 2 aromatic rings. The summed E-state index contributed by atoms with van der Waals surface area (Å²) in [7, 11) is 0. The number of fused-ring (bicyclic) bond motifs is 1. The SMILES string of the molecule is O=C(O)COCCNc1nccc2ccc(O)cc12. The standard InChI is InChI=1S/C13H14N2O4/c16-10-2-1-9-3-4-14-13(11(9)7-10)15-5-6-19-8-12(17)18/h1-4,7,16H,5-6,8H2,(H,14,15)(H,17,18). The van der Waals surface area contributed by atoms with Gasteiger partial charge in [-0.3, -0.25) is 0 Å². The molecule has 1 heterocycles. The minimum absolute atomic E-state index is 0.172. The summed E-state index contributed by atoms with van der Waals surface area (Å²) in [6.45, 7) is 0.393. The van der Waals surface area contributed by atoms with Crippen molar-refractivity contribution >= 4 is 22.6 Å². The van der Waals surface area contributed by atoms with Gasteiger partial charge in [-0.05, 0) is 23.6 Å². The maximum Gasteiger partial charge on any atom is 0.329 e. The van der Waals surface area contributed by atoms with Crippen molar-refractivity contribution in [3.63, 3.8) is 0 Å². The van der Waals surface area contributed by atoms with Crippen molar-refractivity contribution in [3.05, 3.63) is 30.5 Å². The second kappa shape index (κ2) is 6.01. The number of pyridine rings is 1. The number of ether oxygens (including phenoxy) is 1. The molecule has 2 rings (SSSR count). The summed E-state index contributed by atoms with van der Waals surface area (Å²) in [5.74, 6) is -0.189. The zero-order valence-electron chi connectivity index (χ0n) is 10.2. The number of carboxylic acid groups (broad SMARTS) is 1. The highest BCUT2D eigenvalue weighted by Gasteiger charge is 2.03. The van der Waals surface area contributed by atoms with Crippen LogP contribution in [0.2, 0.25) is 0 Å². The van der Waals surface area contributed by atoms with Crippen LogP contribution in [-0.2, 0) is 9.53 Å². The Hall–Kier alpha value is -2.34. The molecule has 0 aliphatic heterocycles. The van der Waals surface area contributed by atoms with Crippen LogP contribution in [0.1, 0.15) is 0 Å². The van der Waals surface area contributed by atoms with E-state index in [2.05, 4.69) is 10.3 Å². The molecule has 1 aromatic carbocycles. The molecule has 0 saturated carbocycles. The number of nitrogens with zero attached hydrogens (tertiary/aromatic N) is 1. The van der Waals surface area contributed by atoms with Crippen molar-refractivity contribution in [2.24, 2.45) is 0 Å². The molecule has 0 spiro atoms. The highest BCUT2D eigenvalue weighted by Crippen LogP contribution is 2.24. The van der Waals surface area contributed by atoms with Crippen LogP contribution in [0.4, 0.5) is 5.82 Å². The second-order valence-corrected chi connectivity index (χ2v) is 3.94. The predicted octanol–water partition coefficient (Wildman–Crippen LogP) is 1.45. The Balaban J connectivity index is 2.00. The number of aromatic hydroxyl groups is 1. The molecule has 0 bridgehead atoms. The van der Waals surface area contributed by atoms with E-state index in [4.69, 9.17) is 9.84 Å². The highest BCUT2D eigenvalue weighted by atomic mass is 16.5. The first kappa shape index (κ1) is 13.1. The fourth-order valence-corrected chi connectivity index (χ4v) is 1.70. The second-order valence-electron chi connectivity index (χ2n) is 3.94. The minimum Gasteiger partial charge on any atom is -0.508 e. The van der Waals surface area contributed by atoms with Crippen LogP contribution in [0.5, 0.6) is 5.75 Å². The van der Waals surface area contributed by atoms with Gasteiger partial charge < -0.3 is 20.3 Å². The average Bonchev–Trinajstić information content (AvgIpc) is 2.38. The van der Waals surface area contributed by atoms with Gasteiger partial charge in [-0.15, -0.1) is 0 Å². The molecule has 19 heavy (non-hydrogen) atoms. The van der Waals surface area contributed by atoms with E-state index in [1.165, 1.54) is 0 Å². The zero-order valence-corrected chi connectivity index (χ0v) is 10.2. The molecule has 100 valence electrons. The maximum atomic E-state index is 10.3. The van der Waals surface area contributed by atoms with Gasteiger partial charge in [0.2, 0.25) is 0 Å². The lowest BCUT2D eigenvalue weighted by Crippen LogP contribution is -2.14. The fraction of sp³-hybridized carbons (Fsp3) is 0.231. The molecule has 0 aliphatic rings. The van der Waals surface area contributed by atoms with Gasteiger partial charge in [-0.1, -0.05) is 6.07 Å². The van der Waals surface area contributed by atoms with E-state index in [9.17, 15) is 9.90 Å². The summed E-state index contributed by atoms with van der Waals surface area (Å²) >= 11 is 0. The maximum absolute atomic E-state index is 10.3. The molecule has 0 radical (unpaired) electrons. The van der Waals surface area contributed by atoms with Crippen LogP contribution in [0.3, 0.4) is 0 Å². The van der Waals surface area contributed by atoms with Gasteiger partial charge in [-0.25, -0.2) is 9.78 Å². The number of phenols is 1. The molecule has 0 aliphatic carbocycles. The number of rotatable bonds is 6. The van der Waals surface area contributed by atoms with Crippen molar-refractivity contribution in [1.29, 1.82) is 0 Å². The number of carboxylic acids is 1. The van der Waals surface area contributed by atoms with Crippen molar-refractivity contribution in [2.45, 2.75) is 0 Å². The number of aliphatic carboxylic acids is 1. The van der Waals surface area contributed by atoms with E-state index in [-0.39, 0.29) is 19.0 Å². The first-order chi connectivity index (χ1) is 9.16. The number of hydrogen-bond acceptors (Lipinski definition) is 5. The third kappa shape index (κ3) is 3.56. The summed E-state index contributed by atoms with van der Waals surface area (Å²) in [4.78, 5) is 14.4. The zero-order chi connectivity index (χ0) is 13.7. The lowest BCUT2D eigenvalue weighted by Gasteiger charge is -2.08. The third-order valence-electron chi connectivity index (χ3n) is 2.51. The van der Waals surface area contributed by atoms with Gasteiger partial charge in [0.25, 0.3) is 0 Å². The third-order valence-corrected chi connectivity index (χ3v) is 2.51. The topological polar surface area (TPSA) is 91.7 Å². The quantitative estimate of drug-likeness (QED) is 0.682. The molecule has 3 N–H and O–H groups in total. The van der Waals surface area contributed by atoms with E-state index in [1.54, 1.807) is 24.4 Å². The first-order valence-corrected chi connectivity index (χ1v) is 5.78. The highest BCUT2D eigenvalue weighted by molar-refractivity contribution is 5.92. The molecule has 0 amide bonds. The van der Waals surface area contributed by atoms with Gasteiger partial charge in [0.1, 0.15) is 18.2 Å². The van der Waals surface area contributed by atoms with Gasteiger partial charge in [0, 0.05) is 18.1 Å². The van der Waals surface area contributed by atoms with Crippen LogP contribution in [0.15, 0.2) is 30.5 Å². The molecule has 6 heteroatoms. The molecule has 0 saturated heterocycles. The summed E-state index contributed by atoms with van der Waals surface area (Å²) in [6.07, 6.45) is 1.67. The normalized spacial score (nSPS) is 10.5. The molecule has 1 aromatic heterocycles. The van der Waals surface area contributed by atoms with Crippen molar-refractivity contribution in [2.75, 3.05) is 25.1 Å². The van der Waals surface area contributed by atoms with Gasteiger partial charge in [0.15, 0.2) is 0 Å². The van der Waals surface area contributed by atoms with Crippen molar-refractivity contribution in [1.82, 2.24) is 4.98 Å². The fourth-order valence-electron chi connectivity index (χ4n) is 1.70. The van der Waals surface area contributed by atoms with Crippen LogP contribution in [0, 0.1) is 0 Å². The van der Waals surface area contributed by atoms with E-state index < -0.39 is 5.97 Å². The van der Waals surface area contributed by atoms with Crippen molar-refractivity contribution in [3.8, 4) is 5.75 Å². The van der Waals surface area contributed by atoms with Crippen LogP contribution < -0.4 is 5.32 Å². The number of carbonyl (C=O) groups is 1. The number of hydrogen-bond donors (Lipinski definition) is 3. The van der Waals surface area contributed by atoms with E-state index in [0.29, 0.717) is 12.4 Å². The lowest BCUT2D eigenvalue weighted by molar-refractivity contribution is -0.142. The Morgan fingerprint density at radius 1 is 1.37 bits per heavy atom. The molecule has 6 nitrogen and oxygen atoms in total. The van der Waals surface area contributed by atoms with E-state index in [0.717, 1.165) is 10.8 Å². The van der Waals surface area contributed by atoms with Gasteiger partial charge in [-0.2, -0.15) is 0 Å². The first-order valence-electron chi connectivity index (χ1n) is 5.78. The smallest absolute Gasteiger partial charge is 0.329 e. The van der Waals surface area contributed by atoms with Crippen molar-refractivity contribution < 1.29 is 19.7 Å². The lowest BCUT2D eigenvalue weighted by atomic mass is 10.1. The van der Waals surface area contributed by atoms with Gasteiger partial charge >= 0.3 is 5.97 Å². The Bertz CT molecular complexity index is 586. The number of benzene rings is 1. The molecule has 0 atom stereocenters. The largest absolute Gasteiger partial charge is 0.508 e. The summed E-state index contributed by atoms with van der Waals surface area (Å²) in [5, 5.41) is 22.7. The van der Waals surface area contributed by atoms with E-state index in [1.807, 2.05) is 6.07 Å². The average molecular weight is 262 g/mol.